The average Bonchev–Trinajstić information content (AvgIpc) is 2.41. The van der Waals surface area contributed by atoms with Crippen LogP contribution in [0.4, 0.5) is 5.69 Å². The Morgan fingerprint density at radius 2 is 2.26 bits per heavy atom. The fourth-order valence-corrected chi connectivity index (χ4v) is 5.46. The minimum Gasteiger partial charge on any atom is -0.398 e. The van der Waals surface area contributed by atoms with Crippen molar-refractivity contribution in [3.05, 3.63) is 24.0 Å². The van der Waals surface area contributed by atoms with Crippen LogP contribution in [0.25, 0.3) is 0 Å². The van der Waals surface area contributed by atoms with Crippen molar-refractivity contribution in [2.24, 2.45) is 0 Å². The quantitative estimate of drug-likeness (QED) is 0.874. The van der Waals surface area contributed by atoms with Gasteiger partial charge in [-0.2, -0.15) is 23.5 Å². The molecule has 0 bridgehead atoms. The van der Waals surface area contributed by atoms with E-state index < -0.39 is 0 Å². The normalized spacial score (nSPS) is 25.2. The van der Waals surface area contributed by atoms with Crippen molar-refractivity contribution in [1.29, 1.82) is 0 Å². The van der Waals surface area contributed by atoms with Gasteiger partial charge in [0.1, 0.15) is 0 Å². The maximum Gasteiger partial charge on any atom is 0.0378 e. The standard InChI is InChI=1S/C14H23N3S2/c1-3-17-13(14-10(2)18-6-7-19-14)8-11-9-16-5-4-12(11)15/h4-5,9-10,13-14,17H,3,6-8H2,1-2H3,(H2,15,16). The van der Waals surface area contributed by atoms with Crippen LogP contribution in [0.5, 0.6) is 0 Å². The first-order valence-electron chi connectivity index (χ1n) is 6.87. The SMILES string of the molecule is CCNC(Cc1cnccc1N)C1SCCSC1C. The van der Waals surface area contributed by atoms with Crippen molar-refractivity contribution in [3.63, 3.8) is 0 Å². The summed E-state index contributed by atoms with van der Waals surface area (Å²) in [6.07, 6.45) is 4.63. The van der Waals surface area contributed by atoms with Gasteiger partial charge in [-0.3, -0.25) is 4.98 Å². The lowest BCUT2D eigenvalue weighted by molar-refractivity contribution is 0.501. The van der Waals surface area contributed by atoms with Gasteiger partial charge in [0.05, 0.1) is 0 Å². The van der Waals surface area contributed by atoms with E-state index >= 15 is 0 Å². The minimum atomic E-state index is 0.476. The van der Waals surface area contributed by atoms with Crippen LogP contribution >= 0.6 is 23.5 Å². The molecule has 3 nitrogen and oxygen atoms in total. The van der Waals surface area contributed by atoms with Crippen LogP contribution in [-0.4, -0.2) is 39.6 Å². The van der Waals surface area contributed by atoms with Gasteiger partial charge in [0.25, 0.3) is 0 Å². The zero-order valence-corrected chi connectivity index (χ0v) is 13.3. The second-order valence-electron chi connectivity index (χ2n) is 4.85. The Morgan fingerprint density at radius 1 is 1.47 bits per heavy atom. The molecule has 0 aliphatic carbocycles. The molecule has 0 aromatic carbocycles. The van der Waals surface area contributed by atoms with E-state index in [9.17, 15) is 0 Å². The number of thioether (sulfide) groups is 2. The van der Waals surface area contributed by atoms with Gasteiger partial charge in [-0.05, 0) is 24.6 Å². The first-order valence-corrected chi connectivity index (χ1v) is 8.97. The molecule has 3 N–H and O–H groups in total. The van der Waals surface area contributed by atoms with Crippen molar-refractivity contribution in [2.75, 3.05) is 23.8 Å². The Labute approximate surface area is 124 Å². The molecule has 3 unspecified atom stereocenters. The van der Waals surface area contributed by atoms with Crippen LogP contribution in [0.1, 0.15) is 19.4 Å². The molecule has 1 aliphatic heterocycles. The molecule has 0 saturated carbocycles. The Kier molecular flexibility index (Phi) is 5.85. The molecular formula is C14H23N3S2. The molecule has 1 aromatic heterocycles. The molecule has 106 valence electrons. The van der Waals surface area contributed by atoms with E-state index in [0.717, 1.165) is 24.2 Å². The predicted molar refractivity (Wildman–Crippen MR) is 88.0 cm³/mol. The third-order valence-electron chi connectivity index (χ3n) is 3.48. The number of nitrogens with zero attached hydrogens (tertiary/aromatic N) is 1. The van der Waals surface area contributed by atoms with E-state index in [-0.39, 0.29) is 0 Å². The first kappa shape index (κ1) is 15.0. The molecule has 19 heavy (non-hydrogen) atoms. The lowest BCUT2D eigenvalue weighted by Crippen LogP contribution is -2.45. The number of nitrogens with one attached hydrogen (secondary N) is 1. The summed E-state index contributed by atoms with van der Waals surface area (Å²) in [6.45, 7) is 5.52. The highest BCUT2D eigenvalue weighted by molar-refractivity contribution is 8.07. The van der Waals surface area contributed by atoms with Crippen molar-refractivity contribution >= 4 is 29.2 Å². The Balaban J connectivity index is 2.09. The molecule has 1 fully saturated rings. The van der Waals surface area contributed by atoms with E-state index in [2.05, 4.69) is 47.7 Å². The lowest BCUT2D eigenvalue weighted by Gasteiger charge is -2.35. The number of likely N-dealkylation sites (N-methyl/N-ethyl adjacent to an activating group) is 1. The maximum atomic E-state index is 6.05. The number of hydrogen-bond acceptors (Lipinski definition) is 5. The molecule has 0 spiro atoms. The Morgan fingerprint density at radius 3 is 2.95 bits per heavy atom. The number of rotatable bonds is 5. The van der Waals surface area contributed by atoms with Crippen LogP contribution in [0.15, 0.2) is 18.5 Å². The van der Waals surface area contributed by atoms with Crippen LogP contribution < -0.4 is 11.1 Å². The molecule has 1 aromatic rings. The highest BCUT2D eigenvalue weighted by Gasteiger charge is 2.30. The summed E-state index contributed by atoms with van der Waals surface area (Å²) in [4.78, 5) is 4.20. The monoisotopic (exact) mass is 297 g/mol. The summed E-state index contributed by atoms with van der Waals surface area (Å²) in [5, 5.41) is 4.99. The molecule has 3 atom stereocenters. The second-order valence-corrected chi connectivity index (χ2v) is 7.63. The third kappa shape index (κ3) is 4.04. The van der Waals surface area contributed by atoms with E-state index in [1.54, 1.807) is 6.20 Å². The third-order valence-corrected chi connectivity index (χ3v) is 6.73. The van der Waals surface area contributed by atoms with E-state index in [1.165, 1.54) is 11.5 Å². The van der Waals surface area contributed by atoms with Gasteiger partial charge in [0.2, 0.25) is 0 Å². The summed E-state index contributed by atoms with van der Waals surface area (Å²) in [5.74, 6) is 2.53. The van der Waals surface area contributed by atoms with Crippen LogP contribution in [0.2, 0.25) is 0 Å². The van der Waals surface area contributed by atoms with Crippen LogP contribution in [0, 0.1) is 0 Å². The molecule has 5 heteroatoms. The van der Waals surface area contributed by atoms with Gasteiger partial charge in [0.15, 0.2) is 0 Å². The molecule has 1 aliphatic rings. The predicted octanol–water partition coefficient (Wildman–Crippen LogP) is 2.42. The summed E-state index contributed by atoms with van der Waals surface area (Å²) < 4.78 is 0. The molecule has 1 saturated heterocycles. The fourth-order valence-electron chi connectivity index (χ4n) is 2.50. The number of pyridine rings is 1. The van der Waals surface area contributed by atoms with Crippen molar-refractivity contribution in [3.8, 4) is 0 Å². The van der Waals surface area contributed by atoms with Crippen LogP contribution in [-0.2, 0) is 6.42 Å². The van der Waals surface area contributed by atoms with Gasteiger partial charge in [-0.1, -0.05) is 13.8 Å². The molecule has 2 rings (SSSR count). The second kappa shape index (κ2) is 7.41. The van der Waals surface area contributed by atoms with E-state index in [1.807, 2.05) is 12.3 Å². The van der Waals surface area contributed by atoms with Gasteiger partial charge in [-0.15, -0.1) is 0 Å². The number of nitrogens with two attached hydrogens (primary N) is 1. The smallest absolute Gasteiger partial charge is 0.0378 e. The largest absolute Gasteiger partial charge is 0.398 e. The zero-order valence-electron chi connectivity index (χ0n) is 11.6. The van der Waals surface area contributed by atoms with Gasteiger partial charge < -0.3 is 11.1 Å². The zero-order chi connectivity index (χ0) is 13.7. The van der Waals surface area contributed by atoms with Gasteiger partial charge in [0, 0.05) is 46.1 Å². The lowest BCUT2D eigenvalue weighted by atomic mass is 10.0. The van der Waals surface area contributed by atoms with Crippen molar-refractivity contribution in [2.45, 2.75) is 36.8 Å². The number of hydrogen-bond donors (Lipinski definition) is 2. The topological polar surface area (TPSA) is 50.9 Å². The van der Waals surface area contributed by atoms with Gasteiger partial charge >= 0.3 is 0 Å². The number of nitrogen functional groups attached to an aromatic ring is 1. The summed E-state index contributed by atoms with van der Waals surface area (Å²) >= 11 is 4.19. The molecule has 2 heterocycles. The van der Waals surface area contributed by atoms with Crippen LogP contribution in [0.3, 0.4) is 0 Å². The maximum absolute atomic E-state index is 6.05. The summed E-state index contributed by atoms with van der Waals surface area (Å²) in [6, 6.07) is 2.37. The Bertz CT molecular complexity index is 400. The summed E-state index contributed by atoms with van der Waals surface area (Å²) in [7, 11) is 0. The van der Waals surface area contributed by atoms with E-state index in [0.29, 0.717) is 16.5 Å². The summed E-state index contributed by atoms with van der Waals surface area (Å²) in [5.41, 5.74) is 8.07. The first-order chi connectivity index (χ1) is 9.22. The molecule has 0 amide bonds. The van der Waals surface area contributed by atoms with Gasteiger partial charge in [-0.25, -0.2) is 0 Å². The number of anilines is 1. The highest BCUT2D eigenvalue weighted by Crippen LogP contribution is 2.34. The minimum absolute atomic E-state index is 0.476. The fraction of sp³-hybridized carbons (Fsp3) is 0.643. The Hall–Kier alpha value is -0.390. The molecule has 0 radical (unpaired) electrons. The van der Waals surface area contributed by atoms with Crippen molar-refractivity contribution < 1.29 is 0 Å². The van der Waals surface area contributed by atoms with Crippen molar-refractivity contribution in [1.82, 2.24) is 10.3 Å². The highest BCUT2D eigenvalue weighted by atomic mass is 32.2. The van der Waals surface area contributed by atoms with E-state index in [4.69, 9.17) is 5.73 Å². The average molecular weight is 297 g/mol. The number of aromatic nitrogens is 1. The molecular weight excluding hydrogens is 274 g/mol.